The Hall–Kier alpha value is -2.28. The zero-order chi connectivity index (χ0) is 32.5. The molecule has 1 amide bonds. The Bertz CT molecular complexity index is 1150. The van der Waals surface area contributed by atoms with Crippen LogP contribution in [0.15, 0.2) is 18.2 Å². The first-order chi connectivity index (χ1) is 18.7. The quantitative estimate of drug-likeness (QED) is 0.219. The number of alkyl halides is 9. The largest absolute Gasteiger partial charge is 0.434 e. The molecule has 3 rings (SSSR count). The molecule has 1 aromatic rings. The molecule has 2 heterocycles. The van der Waals surface area contributed by atoms with E-state index >= 15 is 0 Å². The Balaban J connectivity index is 2.10. The predicted octanol–water partition coefficient (Wildman–Crippen LogP) is 0.311. The van der Waals surface area contributed by atoms with Crippen molar-refractivity contribution in [3.05, 3.63) is 29.3 Å². The van der Waals surface area contributed by atoms with Crippen molar-refractivity contribution < 1.29 is 69.5 Å². The number of benzene rings is 1. The third kappa shape index (κ3) is 5.79. The van der Waals surface area contributed by atoms with Crippen molar-refractivity contribution in [2.45, 2.75) is 66.5 Å². The fourth-order valence-electron chi connectivity index (χ4n) is 4.53. The number of amides is 1. The minimum Gasteiger partial charge on any atom is -0.426 e. The van der Waals surface area contributed by atoms with Crippen LogP contribution in [0.2, 0.25) is 0 Å². The van der Waals surface area contributed by atoms with Gasteiger partial charge in [-0.2, -0.15) is 39.5 Å². The van der Waals surface area contributed by atoms with Gasteiger partial charge in [-0.3, -0.25) is 9.80 Å². The number of hydrogen-bond acceptors (Lipinski definition) is 8. The van der Waals surface area contributed by atoms with Crippen molar-refractivity contribution in [2.75, 3.05) is 18.0 Å². The van der Waals surface area contributed by atoms with Crippen LogP contribution >= 0.6 is 0 Å². The van der Waals surface area contributed by atoms with Crippen LogP contribution in [0.1, 0.15) is 24.0 Å². The van der Waals surface area contributed by atoms with Gasteiger partial charge >= 0.3 is 24.6 Å². The summed E-state index contributed by atoms with van der Waals surface area (Å²) in [5.41, 5.74) is -1.55. The number of nitrogens with zero attached hydrogens (tertiary/aromatic N) is 3. The first kappa shape index (κ1) is 34.2. The lowest BCUT2D eigenvalue weighted by Gasteiger charge is -2.67. The molecule has 0 unspecified atom stereocenters. The Kier molecular flexibility index (Phi) is 8.49. The van der Waals surface area contributed by atoms with E-state index in [1.807, 2.05) is 0 Å². The molecule has 2 aliphatic rings. The number of rotatable bonds is 4. The van der Waals surface area contributed by atoms with Gasteiger partial charge in [0.15, 0.2) is 0 Å². The lowest BCUT2D eigenvalue weighted by molar-refractivity contribution is -0.412. The number of piperazine rings is 1. The normalized spacial score (nSPS) is 22.4. The van der Waals surface area contributed by atoms with E-state index in [4.69, 9.17) is 31.4 Å². The van der Waals surface area contributed by atoms with Gasteiger partial charge in [-0.25, -0.2) is 4.79 Å². The molecule has 2 saturated heterocycles. The van der Waals surface area contributed by atoms with E-state index in [1.165, 1.54) is 4.90 Å². The number of carbonyl (C=O) groups excluding carboxylic acids is 1. The molecule has 0 spiro atoms. The van der Waals surface area contributed by atoms with Gasteiger partial charge in [0.05, 0.1) is 21.3 Å². The topological polar surface area (TPSA) is 117 Å². The average Bonchev–Trinajstić information content (AvgIpc) is 3.32. The molecule has 0 saturated carbocycles. The number of anilines is 1. The maximum Gasteiger partial charge on any atom is 0.434 e. The van der Waals surface area contributed by atoms with E-state index in [9.17, 15) is 64.7 Å². The van der Waals surface area contributed by atoms with E-state index in [0.29, 0.717) is 25.0 Å². The maximum absolute atomic E-state index is 13.4. The molecule has 22 heteroatoms. The highest BCUT2D eigenvalue weighted by Crippen LogP contribution is 2.46. The lowest BCUT2D eigenvalue weighted by Crippen LogP contribution is -2.91. The smallest absolute Gasteiger partial charge is 0.426 e. The van der Waals surface area contributed by atoms with Crippen LogP contribution in [-0.4, -0.2) is 122 Å². The summed E-state index contributed by atoms with van der Waals surface area (Å²) in [6.45, 7) is -0.677. The highest BCUT2D eigenvalue weighted by molar-refractivity contribution is 6.44. The van der Waals surface area contributed by atoms with Gasteiger partial charge in [-0.1, -0.05) is 6.07 Å². The molecule has 4 N–H and O–H groups in total. The van der Waals surface area contributed by atoms with Crippen LogP contribution in [0.4, 0.5) is 50.0 Å². The fourth-order valence-corrected chi connectivity index (χ4v) is 4.53. The second-order valence-corrected chi connectivity index (χ2v) is 9.73. The minimum atomic E-state index is -6.32. The van der Waals surface area contributed by atoms with Gasteiger partial charge < -0.3 is 30.1 Å². The van der Waals surface area contributed by atoms with Crippen LogP contribution in [0, 0.1) is 0 Å². The highest BCUT2D eigenvalue weighted by Gasteiger charge is 2.71. The summed E-state index contributed by atoms with van der Waals surface area (Å²) >= 11 is 0. The summed E-state index contributed by atoms with van der Waals surface area (Å²) in [6, 6.07) is 2.06. The second-order valence-electron chi connectivity index (χ2n) is 9.73. The average molecular weight is 611 g/mol. The third-order valence-corrected chi connectivity index (χ3v) is 6.76. The SMILES string of the molecule is [B]C1([B])N(C(=O)OC(C(F)(F)F)C(F)(F)F)C(O)(O)C([B])([B])N(Cc2ccc(C(F)(F)F)cc2N2CCCC2)C1(O)O. The van der Waals surface area contributed by atoms with Gasteiger partial charge in [0, 0.05) is 36.0 Å². The standard InChI is InChI=1S/C20H18B4F9N3O6/c21-17(22)20(40,41)36(13(37)42-12(15(28,29)30)16(31,32)33)18(23,24)19(38,39)35(17)8-9-3-4-10(14(25,26)27)7-11(9)34-5-1-2-6-34/h3-4,7,12,38-41H,1-2,5-6,8H2. The molecule has 0 atom stereocenters. The maximum atomic E-state index is 13.4. The summed E-state index contributed by atoms with van der Waals surface area (Å²) in [5.74, 6) is -8.59. The van der Waals surface area contributed by atoms with Crippen molar-refractivity contribution in [3.8, 4) is 0 Å². The molecule has 2 fully saturated rings. The summed E-state index contributed by atoms with van der Waals surface area (Å²) < 4.78 is 121. The number of aliphatic hydroxyl groups is 4. The molecule has 0 aromatic heterocycles. The van der Waals surface area contributed by atoms with Crippen LogP contribution in [0.25, 0.3) is 0 Å². The Morgan fingerprint density at radius 3 is 1.81 bits per heavy atom. The van der Waals surface area contributed by atoms with Gasteiger partial charge in [0.2, 0.25) is 5.91 Å². The van der Waals surface area contributed by atoms with E-state index in [-0.39, 0.29) is 29.2 Å². The zero-order valence-corrected chi connectivity index (χ0v) is 21.0. The Labute approximate surface area is 236 Å². The van der Waals surface area contributed by atoms with E-state index < -0.39 is 70.2 Å². The van der Waals surface area contributed by atoms with Gasteiger partial charge in [0.25, 0.3) is 12.0 Å². The first-order valence-electron chi connectivity index (χ1n) is 11.6. The van der Waals surface area contributed by atoms with Crippen LogP contribution in [-0.2, 0) is 17.5 Å². The van der Waals surface area contributed by atoms with Crippen molar-refractivity contribution >= 4 is 43.2 Å². The highest BCUT2D eigenvalue weighted by atomic mass is 19.4. The predicted molar refractivity (Wildman–Crippen MR) is 125 cm³/mol. The molecule has 0 aliphatic carbocycles. The van der Waals surface area contributed by atoms with E-state index in [1.54, 1.807) is 0 Å². The van der Waals surface area contributed by atoms with Gasteiger partial charge in [0.1, 0.15) is 15.7 Å². The summed E-state index contributed by atoms with van der Waals surface area (Å²) in [4.78, 5) is 12.6. The molecule has 0 bridgehead atoms. The second kappa shape index (κ2) is 10.4. The van der Waals surface area contributed by atoms with E-state index in [2.05, 4.69) is 4.74 Å². The molecular weight excluding hydrogens is 592 g/mol. The van der Waals surface area contributed by atoms with Crippen molar-refractivity contribution in [1.82, 2.24) is 9.80 Å². The van der Waals surface area contributed by atoms with Gasteiger partial charge in [-0.15, -0.1) is 0 Å². The molecule has 8 radical (unpaired) electrons. The van der Waals surface area contributed by atoms with Gasteiger partial charge in [-0.05, 0) is 30.5 Å². The molecule has 9 nitrogen and oxygen atoms in total. The Morgan fingerprint density at radius 1 is 0.857 bits per heavy atom. The molecule has 42 heavy (non-hydrogen) atoms. The van der Waals surface area contributed by atoms with E-state index in [0.717, 1.165) is 6.07 Å². The minimum absolute atomic E-state index is 0.142. The third-order valence-electron chi connectivity index (χ3n) is 6.76. The Morgan fingerprint density at radius 2 is 1.36 bits per heavy atom. The zero-order valence-electron chi connectivity index (χ0n) is 21.0. The van der Waals surface area contributed by atoms with Crippen molar-refractivity contribution in [2.24, 2.45) is 0 Å². The fraction of sp³-hybridized carbons (Fsp3) is 0.650. The lowest BCUT2D eigenvalue weighted by atomic mass is 9.48. The van der Waals surface area contributed by atoms with Crippen LogP contribution in [0.5, 0.6) is 0 Å². The number of halogens is 9. The molecule has 1 aromatic carbocycles. The van der Waals surface area contributed by atoms with Crippen molar-refractivity contribution in [3.63, 3.8) is 0 Å². The number of carbonyl (C=O) groups is 1. The molecule has 224 valence electrons. The van der Waals surface area contributed by atoms with Crippen LogP contribution < -0.4 is 4.90 Å². The van der Waals surface area contributed by atoms with Crippen molar-refractivity contribution in [1.29, 1.82) is 0 Å². The first-order valence-corrected chi connectivity index (χ1v) is 11.6. The van der Waals surface area contributed by atoms with Crippen LogP contribution in [0.3, 0.4) is 0 Å². The summed E-state index contributed by atoms with van der Waals surface area (Å²) in [6.07, 6.45) is -24.3. The molecule has 2 aliphatic heterocycles. The monoisotopic (exact) mass is 611 g/mol. The number of ether oxygens (including phenoxy) is 1. The molecular formula is C20H18B4F9N3O6. The summed E-state index contributed by atoms with van der Waals surface area (Å²) in [7, 11) is 22.3. The number of hydrogen-bond donors (Lipinski definition) is 4. The summed E-state index contributed by atoms with van der Waals surface area (Å²) in [5, 5.41) is 35.4.